The van der Waals surface area contributed by atoms with Crippen LogP contribution in [-0.4, -0.2) is 38.3 Å². The molecule has 3 amide bonds. The van der Waals surface area contributed by atoms with Crippen LogP contribution >= 0.6 is 0 Å². The number of carbonyl (C=O) groups is 2. The maximum atomic E-state index is 12.5. The van der Waals surface area contributed by atoms with Gasteiger partial charge in [0.15, 0.2) is 0 Å². The van der Waals surface area contributed by atoms with Crippen LogP contribution in [0.3, 0.4) is 0 Å². The Kier molecular flexibility index (Phi) is 3.64. The number of nitrogens with one attached hydrogen (secondary N) is 1. The molecule has 0 atom stereocenters. The fraction of sp³-hybridized carbons (Fsp3) is 0.375. The first-order valence-corrected chi connectivity index (χ1v) is 8.62. The molecular weight excluding hydrogens is 330 g/mol. The zero-order valence-corrected chi connectivity index (χ0v) is 13.8. The zero-order valence-electron chi connectivity index (χ0n) is 18.0. The maximum absolute atomic E-state index is 12.5. The third-order valence-electron chi connectivity index (χ3n) is 3.59. The van der Waals surface area contributed by atoms with Crippen LogP contribution in [0.2, 0.25) is 0 Å². The van der Waals surface area contributed by atoms with Gasteiger partial charge in [0.2, 0.25) is 10.0 Å². The van der Waals surface area contributed by atoms with E-state index in [1.807, 2.05) is 0 Å². The molecule has 130 valence electrons. The molecule has 0 unspecified atom stereocenters. The molecule has 0 aromatic heterocycles. The van der Waals surface area contributed by atoms with Gasteiger partial charge in [0.25, 0.3) is 5.91 Å². The molecule has 7 nitrogen and oxygen atoms in total. The molecule has 24 heavy (non-hydrogen) atoms. The fourth-order valence-electron chi connectivity index (χ4n) is 2.28. The summed E-state index contributed by atoms with van der Waals surface area (Å²) >= 11 is 0. The van der Waals surface area contributed by atoms with Crippen molar-refractivity contribution in [2.75, 3.05) is 13.1 Å². The van der Waals surface area contributed by atoms with Gasteiger partial charge in [-0.2, -0.15) is 0 Å². The number of sulfonamides is 1. The maximum Gasteiger partial charge on any atom is 0.324 e. The zero-order chi connectivity index (χ0) is 22.2. The van der Waals surface area contributed by atoms with Crippen LogP contribution in [0.1, 0.15) is 32.6 Å². The summed E-state index contributed by atoms with van der Waals surface area (Å²) < 4.78 is 60.0. The van der Waals surface area contributed by atoms with Gasteiger partial charge in [-0.15, -0.1) is 0 Å². The van der Waals surface area contributed by atoms with Crippen molar-refractivity contribution < 1.29 is 24.9 Å². The molecule has 1 heterocycles. The monoisotopic (exact) mass is 356 g/mol. The second-order valence-electron chi connectivity index (χ2n) is 5.34. The van der Waals surface area contributed by atoms with E-state index >= 15 is 0 Å². The van der Waals surface area contributed by atoms with Crippen molar-refractivity contribution in [3.63, 3.8) is 0 Å². The Hall–Kier alpha value is -2.19. The molecule has 0 aliphatic carbocycles. The lowest BCUT2D eigenvalue weighted by atomic mass is 10.1. The number of primary sulfonamides is 1. The van der Waals surface area contributed by atoms with Crippen molar-refractivity contribution in [2.45, 2.75) is 31.5 Å². The van der Waals surface area contributed by atoms with E-state index in [4.69, 9.17) is 12.0 Å². The van der Waals surface area contributed by atoms with Crippen molar-refractivity contribution in [1.29, 1.82) is 0 Å². The number of urea groups is 1. The van der Waals surface area contributed by atoms with Gasteiger partial charge in [-0.1, -0.05) is 19.0 Å². The van der Waals surface area contributed by atoms with E-state index in [1.54, 1.807) is 12.1 Å². The quantitative estimate of drug-likeness (QED) is 0.825. The molecule has 1 aromatic rings. The Labute approximate surface area is 148 Å². The Morgan fingerprint density at radius 2 is 2.08 bits per heavy atom. The average Bonchev–Trinajstić information content (AvgIpc) is 2.88. The first-order chi connectivity index (χ1) is 13.2. The summed E-state index contributed by atoms with van der Waals surface area (Å²) in [5.41, 5.74) is 0.385. The van der Waals surface area contributed by atoms with Crippen LogP contribution in [-0.2, 0) is 21.2 Å². The Morgan fingerprint density at radius 1 is 1.42 bits per heavy atom. The van der Waals surface area contributed by atoms with Crippen molar-refractivity contribution in [1.82, 2.24) is 10.2 Å². The predicted octanol–water partition coefficient (Wildman–Crippen LogP) is 1.15. The normalized spacial score (nSPS) is 19.3. The molecule has 2 rings (SSSR count). The number of amides is 3. The fourth-order valence-corrected chi connectivity index (χ4v) is 2.80. The molecular formula is C16H21N3O4S. The topological polar surface area (TPSA) is 110 Å². The Balaban J connectivity index is 1.98. The molecule has 0 fully saturated rings. The lowest BCUT2D eigenvalue weighted by molar-refractivity contribution is -0.123. The molecule has 0 bridgehead atoms. The van der Waals surface area contributed by atoms with Gasteiger partial charge < -0.3 is 5.32 Å². The molecule has 0 saturated carbocycles. The van der Waals surface area contributed by atoms with Crippen molar-refractivity contribution >= 4 is 22.0 Å². The summed E-state index contributed by atoms with van der Waals surface area (Å²) in [6.07, 6.45) is -2.53. The van der Waals surface area contributed by atoms with Gasteiger partial charge in [0, 0.05) is 19.0 Å². The standard InChI is InChI=1S/C16H21N3O4S/c1-3-14-11(2)10-19(15(14)20)16(21)18-9-8-12-4-6-13(7-5-12)24(17,22)23/h4-7H,3,8-10H2,1-2H3,(H,18,21)(H2,17,22,23)/i1D3,3D2. The third-order valence-corrected chi connectivity index (χ3v) is 4.52. The van der Waals surface area contributed by atoms with E-state index in [0.717, 1.165) is 10.5 Å². The highest BCUT2D eigenvalue weighted by atomic mass is 32.2. The molecule has 3 N–H and O–H groups in total. The van der Waals surface area contributed by atoms with E-state index in [9.17, 15) is 18.0 Å². The van der Waals surface area contributed by atoms with E-state index < -0.39 is 40.8 Å². The van der Waals surface area contributed by atoms with Crippen molar-refractivity contribution in [3.05, 3.63) is 41.0 Å². The second kappa shape index (κ2) is 7.14. The van der Waals surface area contributed by atoms with Gasteiger partial charge in [-0.05, 0) is 43.0 Å². The van der Waals surface area contributed by atoms with Gasteiger partial charge in [-0.3, -0.25) is 9.69 Å². The van der Waals surface area contributed by atoms with E-state index in [0.29, 0.717) is 6.42 Å². The van der Waals surface area contributed by atoms with Crippen LogP contribution in [0.25, 0.3) is 0 Å². The highest BCUT2D eigenvalue weighted by Crippen LogP contribution is 2.21. The lowest BCUT2D eigenvalue weighted by Crippen LogP contribution is -2.42. The largest absolute Gasteiger partial charge is 0.337 e. The minimum absolute atomic E-state index is 0.0365. The first-order valence-electron chi connectivity index (χ1n) is 9.58. The summed E-state index contributed by atoms with van der Waals surface area (Å²) in [6, 6.07) is 5.00. The molecule has 8 heteroatoms. The molecule has 1 aliphatic heterocycles. The summed E-state index contributed by atoms with van der Waals surface area (Å²) in [4.78, 5) is 25.5. The minimum atomic E-state index is -3.79. The second-order valence-corrected chi connectivity index (χ2v) is 6.90. The molecule has 0 saturated heterocycles. The number of imide groups is 1. The highest BCUT2D eigenvalue weighted by Gasteiger charge is 2.31. The molecule has 1 aliphatic rings. The number of benzene rings is 1. The SMILES string of the molecule is [2H]C([2H])([2H])C([2H])([2H])C1=C(C)CN(C(=O)NCCc2ccc(S(N)(=O)=O)cc2)C1=O. The van der Waals surface area contributed by atoms with Gasteiger partial charge in [0.05, 0.1) is 11.4 Å². The van der Waals surface area contributed by atoms with Crippen molar-refractivity contribution in [2.24, 2.45) is 5.14 Å². The van der Waals surface area contributed by atoms with Gasteiger partial charge >= 0.3 is 6.03 Å². The average molecular weight is 356 g/mol. The smallest absolute Gasteiger partial charge is 0.324 e. The number of hydrogen-bond acceptors (Lipinski definition) is 4. The Bertz CT molecular complexity index is 956. The number of hydrogen-bond donors (Lipinski definition) is 2. The minimum Gasteiger partial charge on any atom is -0.337 e. The predicted molar refractivity (Wildman–Crippen MR) is 89.6 cm³/mol. The van der Waals surface area contributed by atoms with E-state index in [1.165, 1.54) is 19.1 Å². The molecule has 1 aromatic carbocycles. The number of carbonyl (C=O) groups excluding carboxylic acids is 2. The third kappa shape index (κ3) is 4.01. The van der Waals surface area contributed by atoms with Crippen LogP contribution in [0, 0.1) is 0 Å². The van der Waals surface area contributed by atoms with Crippen LogP contribution in [0.15, 0.2) is 40.3 Å². The van der Waals surface area contributed by atoms with Gasteiger partial charge in [-0.25, -0.2) is 18.4 Å². The van der Waals surface area contributed by atoms with Gasteiger partial charge in [0.1, 0.15) is 0 Å². The molecule has 0 spiro atoms. The summed E-state index contributed by atoms with van der Waals surface area (Å²) in [6.45, 7) is -1.71. The van der Waals surface area contributed by atoms with E-state index in [2.05, 4.69) is 5.32 Å². The summed E-state index contributed by atoms with van der Waals surface area (Å²) in [5, 5.41) is 7.53. The van der Waals surface area contributed by atoms with E-state index in [-0.39, 0.29) is 23.6 Å². The summed E-state index contributed by atoms with van der Waals surface area (Å²) in [5.74, 6) is -0.973. The number of nitrogens with two attached hydrogens (primary N) is 1. The first kappa shape index (κ1) is 12.2. The van der Waals surface area contributed by atoms with Crippen LogP contribution < -0.4 is 10.5 Å². The lowest BCUT2D eigenvalue weighted by Gasteiger charge is -2.16. The number of nitrogens with zero attached hydrogens (tertiary/aromatic N) is 1. The summed E-state index contributed by atoms with van der Waals surface area (Å²) in [7, 11) is -3.79. The number of rotatable bonds is 5. The highest BCUT2D eigenvalue weighted by molar-refractivity contribution is 7.89. The Morgan fingerprint density at radius 3 is 2.67 bits per heavy atom. The molecule has 0 radical (unpaired) electrons. The van der Waals surface area contributed by atoms with Crippen LogP contribution in [0.4, 0.5) is 4.79 Å². The van der Waals surface area contributed by atoms with Crippen LogP contribution in [0.5, 0.6) is 0 Å². The van der Waals surface area contributed by atoms with Crippen molar-refractivity contribution in [3.8, 4) is 0 Å².